The van der Waals surface area contributed by atoms with Gasteiger partial charge in [0.1, 0.15) is 17.3 Å². The Bertz CT molecular complexity index is 1650. The predicted molar refractivity (Wildman–Crippen MR) is 183 cm³/mol. The number of hydrogen-bond donors (Lipinski definition) is 3. The summed E-state index contributed by atoms with van der Waals surface area (Å²) in [6, 6.07) is 22.7. The Labute approximate surface area is 271 Å². The van der Waals surface area contributed by atoms with Gasteiger partial charge in [-0.1, -0.05) is 50.6 Å². The maximum atomic E-state index is 13.7. The van der Waals surface area contributed by atoms with E-state index in [9.17, 15) is 9.59 Å². The molecule has 1 fully saturated rings. The number of carbonyl (C=O) groups excluding carboxylic acids is 2. The van der Waals surface area contributed by atoms with Crippen LogP contribution in [0.25, 0.3) is 5.69 Å². The fourth-order valence-corrected chi connectivity index (χ4v) is 5.96. The first kappa shape index (κ1) is 32.8. The molecule has 3 N–H and O–H groups in total. The van der Waals surface area contributed by atoms with Gasteiger partial charge in [0, 0.05) is 23.6 Å². The molecule has 2 heterocycles. The fraction of sp³-hybridized carbons (Fsp3) is 0.378. The number of rotatable bonds is 10. The van der Waals surface area contributed by atoms with Gasteiger partial charge in [-0.3, -0.25) is 10.1 Å². The highest BCUT2D eigenvalue weighted by atomic mass is 16.5. The largest absolute Gasteiger partial charge is 0.497 e. The number of nitrogens with zero attached hydrogens (tertiary/aromatic N) is 2. The van der Waals surface area contributed by atoms with Crippen LogP contribution >= 0.6 is 0 Å². The highest BCUT2D eigenvalue weighted by Crippen LogP contribution is 2.37. The summed E-state index contributed by atoms with van der Waals surface area (Å²) in [5.74, 6) is 2.13. The lowest BCUT2D eigenvalue weighted by Crippen LogP contribution is -2.31. The molecule has 1 saturated heterocycles. The first-order chi connectivity index (χ1) is 22.0. The molecule has 0 aliphatic carbocycles. The molecule has 1 aliphatic heterocycles. The number of nitrogens with one attached hydrogen (secondary N) is 3. The van der Waals surface area contributed by atoms with Crippen molar-refractivity contribution in [3.05, 3.63) is 95.2 Å². The van der Waals surface area contributed by atoms with Crippen molar-refractivity contribution in [1.29, 1.82) is 0 Å². The molecule has 0 saturated carbocycles. The normalized spacial score (nSPS) is 14.4. The molecule has 0 spiro atoms. The van der Waals surface area contributed by atoms with Gasteiger partial charge in [-0.2, -0.15) is 5.10 Å². The van der Waals surface area contributed by atoms with E-state index in [0.717, 1.165) is 48.4 Å². The van der Waals surface area contributed by atoms with Crippen LogP contribution in [0.1, 0.15) is 73.1 Å². The average Bonchev–Trinajstić information content (AvgIpc) is 3.48. The molecule has 1 aromatic heterocycles. The van der Waals surface area contributed by atoms with Gasteiger partial charge in [-0.15, -0.1) is 0 Å². The lowest BCUT2D eigenvalue weighted by atomic mass is 9.77. The van der Waals surface area contributed by atoms with Gasteiger partial charge in [0.05, 0.1) is 31.2 Å². The molecule has 0 radical (unpaired) electrons. The minimum absolute atomic E-state index is 0.0145. The Hall–Kier alpha value is -4.63. The van der Waals surface area contributed by atoms with Gasteiger partial charge in [0.25, 0.3) is 0 Å². The van der Waals surface area contributed by atoms with Crippen LogP contribution in [0.4, 0.5) is 16.3 Å². The van der Waals surface area contributed by atoms with Crippen molar-refractivity contribution in [2.75, 3.05) is 37.9 Å². The molecular formula is C37H45N5O4. The molecule has 1 atom stereocenters. The Kier molecular flexibility index (Phi) is 10.1. The van der Waals surface area contributed by atoms with E-state index in [1.165, 1.54) is 0 Å². The number of ketones is 1. The van der Waals surface area contributed by atoms with Crippen molar-refractivity contribution in [3.8, 4) is 17.2 Å². The van der Waals surface area contributed by atoms with E-state index in [2.05, 4.69) is 36.7 Å². The number of amides is 2. The summed E-state index contributed by atoms with van der Waals surface area (Å²) < 4.78 is 12.7. The second kappa shape index (κ2) is 14.2. The number of urea groups is 1. The third kappa shape index (κ3) is 7.77. The predicted octanol–water partition coefficient (Wildman–Crippen LogP) is 7.50. The number of anilines is 2. The minimum atomic E-state index is -0.364. The van der Waals surface area contributed by atoms with Crippen LogP contribution in [0.2, 0.25) is 0 Å². The van der Waals surface area contributed by atoms with Gasteiger partial charge >= 0.3 is 6.03 Å². The summed E-state index contributed by atoms with van der Waals surface area (Å²) in [4.78, 5) is 26.9. The van der Waals surface area contributed by atoms with Crippen LogP contribution in [0, 0.1) is 12.8 Å². The summed E-state index contributed by atoms with van der Waals surface area (Å²) in [5.41, 5.74) is 4.94. The van der Waals surface area contributed by atoms with Crippen LogP contribution in [0.5, 0.6) is 11.5 Å². The van der Waals surface area contributed by atoms with Crippen LogP contribution in [0.3, 0.4) is 0 Å². The molecular weight excluding hydrogens is 578 g/mol. The van der Waals surface area contributed by atoms with Crippen molar-refractivity contribution in [3.63, 3.8) is 0 Å². The smallest absolute Gasteiger partial charge is 0.324 e. The summed E-state index contributed by atoms with van der Waals surface area (Å²) in [6.07, 6.45) is 2.32. The van der Waals surface area contributed by atoms with Gasteiger partial charge < -0.3 is 20.1 Å². The Balaban J connectivity index is 1.34. The van der Waals surface area contributed by atoms with Crippen molar-refractivity contribution in [2.45, 2.75) is 58.3 Å². The standard InChI is InChI=1S/C37H45N5O4/c1-24-7-13-28(14-8-24)42-35(23-34(41-42)37(2,3)4)40-36(44)39-27-11-9-25(10-12-27)30(26-17-19-38-20-18-26)22-32(43)31-21-29(45-5)15-16-33(31)46-6/h7-16,21,23,26,30,38H,17-20,22H2,1-6H3,(H2,39,40,44). The number of methoxy groups -OCH3 is 2. The van der Waals surface area contributed by atoms with Crippen LogP contribution in [-0.2, 0) is 5.41 Å². The molecule has 2 amide bonds. The van der Waals surface area contributed by atoms with Crippen LogP contribution in [-0.4, -0.2) is 48.9 Å². The van der Waals surface area contributed by atoms with E-state index in [1.807, 2.05) is 61.5 Å². The highest BCUT2D eigenvalue weighted by Gasteiger charge is 2.29. The summed E-state index contributed by atoms with van der Waals surface area (Å²) in [5, 5.41) is 14.2. The Morgan fingerprint density at radius 3 is 2.26 bits per heavy atom. The minimum Gasteiger partial charge on any atom is -0.497 e. The van der Waals surface area contributed by atoms with Gasteiger partial charge in [0.15, 0.2) is 5.78 Å². The van der Waals surface area contributed by atoms with Gasteiger partial charge in [-0.05, 0) is 92.7 Å². The lowest BCUT2D eigenvalue weighted by molar-refractivity contribution is 0.0955. The zero-order valence-corrected chi connectivity index (χ0v) is 27.6. The third-order valence-corrected chi connectivity index (χ3v) is 8.66. The molecule has 3 aromatic carbocycles. The number of piperidine rings is 1. The van der Waals surface area contributed by atoms with E-state index >= 15 is 0 Å². The number of benzene rings is 3. The number of carbonyl (C=O) groups is 2. The first-order valence-corrected chi connectivity index (χ1v) is 15.9. The molecule has 9 nitrogen and oxygen atoms in total. The molecule has 242 valence electrons. The SMILES string of the molecule is COc1ccc(OC)c(C(=O)CC(c2ccc(NC(=O)Nc3cc(C(C)(C)C)nn3-c3ccc(C)cc3)cc2)C2CCNCC2)c1. The lowest BCUT2D eigenvalue weighted by Gasteiger charge is -2.31. The quantitative estimate of drug-likeness (QED) is 0.158. The van der Waals surface area contributed by atoms with Crippen LogP contribution in [0.15, 0.2) is 72.8 Å². The zero-order chi connectivity index (χ0) is 32.8. The number of aryl methyl sites for hydroxylation is 1. The van der Waals surface area contributed by atoms with E-state index in [1.54, 1.807) is 37.1 Å². The molecule has 9 heteroatoms. The number of Topliss-reactive ketones (excluding diaryl/α,β-unsaturated/α-hetero) is 1. The second-order valence-corrected chi connectivity index (χ2v) is 13.0. The van der Waals surface area contributed by atoms with Crippen LogP contribution < -0.4 is 25.4 Å². The monoisotopic (exact) mass is 623 g/mol. The molecule has 46 heavy (non-hydrogen) atoms. The maximum Gasteiger partial charge on any atom is 0.324 e. The molecule has 0 bridgehead atoms. The van der Waals surface area contributed by atoms with E-state index in [0.29, 0.717) is 40.9 Å². The number of hydrogen-bond acceptors (Lipinski definition) is 6. The highest BCUT2D eigenvalue weighted by molar-refractivity contribution is 6.00. The Morgan fingerprint density at radius 1 is 0.935 bits per heavy atom. The van der Waals surface area contributed by atoms with E-state index in [4.69, 9.17) is 14.6 Å². The molecule has 1 unspecified atom stereocenters. The average molecular weight is 624 g/mol. The van der Waals surface area contributed by atoms with Crippen molar-refractivity contribution < 1.29 is 19.1 Å². The number of ether oxygens (including phenoxy) is 2. The van der Waals surface area contributed by atoms with Crippen molar-refractivity contribution in [2.24, 2.45) is 5.92 Å². The molecule has 4 aromatic rings. The second-order valence-electron chi connectivity index (χ2n) is 13.0. The maximum absolute atomic E-state index is 13.7. The van der Waals surface area contributed by atoms with Gasteiger partial charge in [-0.25, -0.2) is 9.48 Å². The summed E-state index contributed by atoms with van der Waals surface area (Å²) in [7, 11) is 3.16. The zero-order valence-electron chi connectivity index (χ0n) is 27.6. The van der Waals surface area contributed by atoms with Gasteiger partial charge in [0.2, 0.25) is 0 Å². The topological polar surface area (TPSA) is 107 Å². The fourth-order valence-electron chi connectivity index (χ4n) is 5.96. The van der Waals surface area contributed by atoms with Crippen molar-refractivity contribution in [1.82, 2.24) is 15.1 Å². The van der Waals surface area contributed by atoms with E-state index in [-0.39, 0.29) is 23.1 Å². The summed E-state index contributed by atoms with van der Waals surface area (Å²) >= 11 is 0. The molecule has 5 rings (SSSR count). The number of aromatic nitrogens is 2. The summed E-state index contributed by atoms with van der Waals surface area (Å²) in [6.45, 7) is 10.2. The van der Waals surface area contributed by atoms with E-state index < -0.39 is 0 Å². The third-order valence-electron chi connectivity index (χ3n) is 8.66. The first-order valence-electron chi connectivity index (χ1n) is 15.9. The Morgan fingerprint density at radius 2 is 1.63 bits per heavy atom. The van der Waals surface area contributed by atoms with Crippen molar-refractivity contribution >= 4 is 23.3 Å². The molecule has 1 aliphatic rings.